The zero-order valence-corrected chi connectivity index (χ0v) is 16.0. The molecular formula is C22H29NO2. The number of carbonyl (C=O) groups is 1. The predicted molar refractivity (Wildman–Crippen MR) is 103 cm³/mol. The van der Waals surface area contributed by atoms with Gasteiger partial charge in [0, 0.05) is 6.54 Å². The molecule has 2 aromatic rings. The monoisotopic (exact) mass is 339 g/mol. The minimum Gasteiger partial charge on any atom is -0.481 e. The van der Waals surface area contributed by atoms with E-state index in [1.165, 1.54) is 22.3 Å². The first-order chi connectivity index (χ1) is 11.9. The number of amides is 1. The summed E-state index contributed by atoms with van der Waals surface area (Å²) in [6, 6.07) is 12.5. The Morgan fingerprint density at radius 3 is 2.44 bits per heavy atom. The zero-order chi connectivity index (χ0) is 18.4. The molecule has 0 bridgehead atoms. The van der Waals surface area contributed by atoms with Gasteiger partial charge in [0.1, 0.15) is 5.75 Å². The van der Waals surface area contributed by atoms with Crippen LogP contribution in [0.1, 0.15) is 48.6 Å². The second kappa shape index (κ2) is 8.70. The molecule has 0 unspecified atom stereocenters. The molecule has 0 aliphatic rings. The summed E-state index contributed by atoms with van der Waals surface area (Å²) in [4.78, 5) is 12.4. The molecule has 0 spiro atoms. The van der Waals surface area contributed by atoms with E-state index in [2.05, 4.69) is 43.4 Å². The Hall–Kier alpha value is -2.29. The fraction of sp³-hybridized carbons (Fsp3) is 0.409. The van der Waals surface area contributed by atoms with E-state index in [0.717, 1.165) is 24.2 Å². The van der Waals surface area contributed by atoms with Crippen molar-refractivity contribution in [2.45, 2.75) is 60.1 Å². The number of rotatable bonds is 7. The van der Waals surface area contributed by atoms with Crippen LogP contribution in [-0.2, 0) is 24.2 Å². The van der Waals surface area contributed by atoms with E-state index in [1.807, 2.05) is 26.0 Å². The van der Waals surface area contributed by atoms with Gasteiger partial charge in [-0.3, -0.25) is 4.79 Å². The molecule has 2 aromatic carbocycles. The molecule has 25 heavy (non-hydrogen) atoms. The first-order valence-electron chi connectivity index (χ1n) is 9.06. The van der Waals surface area contributed by atoms with Crippen LogP contribution in [0.15, 0.2) is 36.4 Å². The van der Waals surface area contributed by atoms with Crippen LogP contribution in [0.2, 0.25) is 0 Å². The third-order valence-corrected chi connectivity index (χ3v) is 4.52. The normalized spacial score (nSPS) is 11.9. The zero-order valence-electron chi connectivity index (χ0n) is 16.0. The second-order valence-electron chi connectivity index (χ2n) is 6.56. The van der Waals surface area contributed by atoms with E-state index in [0.29, 0.717) is 6.54 Å². The van der Waals surface area contributed by atoms with Gasteiger partial charge < -0.3 is 10.1 Å². The molecule has 1 amide bonds. The summed E-state index contributed by atoms with van der Waals surface area (Å²) in [6.45, 7) is 10.6. The van der Waals surface area contributed by atoms with Gasteiger partial charge in [0.25, 0.3) is 5.91 Å². The first kappa shape index (κ1) is 19.0. The van der Waals surface area contributed by atoms with Gasteiger partial charge in [-0.1, -0.05) is 49.7 Å². The van der Waals surface area contributed by atoms with E-state index in [4.69, 9.17) is 4.74 Å². The molecule has 3 nitrogen and oxygen atoms in total. The lowest BCUT2D eigenvalue weighted by Crippen LogP contribution is -2.36. The molecule has 134 valence electrons. The Bertz CT molecular complexity index is 737. The van der Waals surface area contributed by atoms with Crippen LogP contribution in [0.4, 0.5) is 0 Å². The summed E-state index contributed by atoms with van der Waals surface area (Å²) in [5.74, 6) is 0.666. The largest absolute Gasteiger partial charge is 0.481 e. The number of hydrogen-bond acceptors (Lipinski definition) is 2. The van der Waals surface area contributed by atoms with Crippen molar-refractivity contribution < 1.29 is 9.53 Å². The van der Waals surface area contributed by atoms with Crippen molar-refractivity contribution in [1.82, 2.24) is 5.32 Å². The van der Waals surface area contributed by atoms with E-state index in [9.17, 15) is 4.79 Å². The highest BCUT2D eigenvalue weighted by Crippen LogP contribution is 2.20. The van der Waals surface area contributed by atoms with Crippen molar-refractivity contribution in [2.24, 2.45) is 0 Å². The Morgan fingerprint density at radius 1 is 1.04 bits per heavy atom. The van der Waals surface area contributed by atoms with Crippen LogP contribution in [-0.4, -0.2) is 12.0 Å². The first-order valence-corrected chi connectivity index (χ1v) is 9.06. The topological polar surface area (TPSA) is 38.3 Å². The van der Waals surface area contributed by atoms with Gasteiger partial charge in [-0.15, -0.1) is 0 Å². The maximum absolute atomic E-state index is 12.4. The summed E-state index contributed by atoms with van der Waals surface area (Å²) in [5.41, 5.74) is 5.99. The molecule has 0 fully saturated rings. The molecule has 2 rings (SSSR count). The van der Waals surface area contributed by atoms with Gasteiger partial charge in [-0.05, 0) is 61.9 Å². The molecule has 0 saturated carbocycles. The van der Waals surface area contributed by atoms with Crippen molar-refractivity contribution in [1.29, 1.82) is 0 Å². The van der Waals surface area contributed by atoms with Gasteiger partial charge in [0.05, 0.1) is 0 Å². The van der Waals surface area contributed by atoms with Crippen LogP contribution in [0.25, 0.3) is 0 Å². The van der Waals surface area contributed by atoms with Gasteiger partial charge >= 0.3 is 0 Å². The summed E-state index contributed by atoms with van der Waals surface area (Å²) in [6.07, 6.45) is 1.43. The van der Waals surface area contributed by atoms with E-state index >= 15 is 0 Å². The molecule has 0 aliphatic carbocycles. The third-order valence-electron chi connectivity index (χ3n) is 4.52. The second-order valence-corrected chi connectivity index (χ2v) is 6.56. The number of hydrogen-bond donors (Lipinski definition) is 1. The Labute approximate surface area is 151 Å². The summed E-state index contributed by atoms with van der Waals surface area (Å²) < 4.78 is 5.84. The van der Waals surface area contributed by atoms with Crippen molar-refractivity contribution in [2.75, 3.05) is 0 Å². The lowest BCUT2D eigenvalue weighted by Gasteiger charge is -2.17. The van der Waals surface area contributed by atoms with Gasteiger partial charge in [-0.2, -0.15) is 0 Å². The molecule has 1 atom stereocenters. The van der Waals surface area contributed by atoms with Crippen LogP contribution in [0.5, 0.6) is 5.75 Å². The molecule has 0 saturated heterocycles. The maximum atomic E-state index is 12.4. The molecular weight excluding hydrogens is 310 g/mol. The van der Waals surface area contributed by atoms with Gasteiger partial charge in [0.2, 0.25) is 0 Å². The van der Waals surface area contributed by atoms with Gasteiger partial charge in [-0.25, -0.2) is 0 Å². The third kappa shape index (κ3) is 5.09. The number of carbonyl (C=O) groups excluding carboxylic acids is 1. The van der Waals surface area contributed by atoms with Crippen molar-refractivity contribution in [3.05, 3.63) is 64.2 Å². The maximum Gasteiger partial charge on any atom is 0.261 e. The quantitative estimate of drug-likeness (QED) is 0.806. The predicted octanol–water partition coefficient (Wildman–Crippen LogP) is 4.51. The average Bonchev–Trinajstić information content (AvgIpc) is 2.61. The van der Waals surface area contributed by atoms with Crippen LogP contribution in [0.3, 0.4) is 0 Å². The van der Waals surface area contributed by atoms with E-state index in [-0.39, 0.29) is 5.91 Å². The highest BCUT2D eigenvalue weighted by Gasteiger charge is 2.16. The molecule has 1 N–H and O–H groups in total. The van der Waals surface area contributed by atoms with Crippen molar-refractivity contribution in [3.63, 3.8) is 0 Å². The molecule has 0 radical (unpaired) electrons. The standard InChI is InChI=1S/C22H29NO2/c1-6-18-9-10-19(7-2)20(13-18)14-23-22(24)17(5)25-21-11-8-15(3)12-16(21)4/h8-13,17H,6-7,14H2,1-5H3,(H,23,24)/t17-/m1/s1. The molecule has 0 aliphatic heterocycles. The highest BCUT2D eigenvalue weighted by molar-refractivity contribution is 5.80. The Kier molecular flexibility index (Phi) is 6.63. The fourth-order valence-electron chi connectivity index (χ4n) is 2.91. The summed E-state index contributed by atoms with van der Waals surface area (Å²) >= 11 is 0. The Balaban J connectivity index is 1.99. The molecule has 3 heteroatoms. The van der Waals surface area contributed by atoms with Crippen molar-refractivity contribution >= 4 is 5.91 Å². The number of benzene rings is 2. The van der Waals surface area contributed by atoms with E-state index < -0.39 is 6.10 Å². The van der Waals surface area contributed by atoms with Crippen molar-refractivity contribution in [3.8, 4) is 5.75 Å². The SMILES string of the molecule is CCc1ccc(CC)c(CNC(=O)[C@@H](C)Oc2ccc(C)cc2C)c1. The van der Waals surface area contributed by atoms with E-state index in [1.54, 1.807) is 6.92 Å². The van der Waals surface area contributed by atoms with Crippen LogP contribution in [0, 0.1) is 13.8 Å². The summed E-state index contributed by atoms with van der Waals surface area (Å²) in [7, 11) is 0. The lowest BCUT2D eigenvalue weighted by molar-refractivity contribution is -0.127. The van der Waals surface area contributed by atoms with Gasteiger partial charge in [0.15, 0.2) is 6.10 Å². The number of aryl methyl sites for hydroxylation is 4. The smallest absolute Gasteiger partial charge is 0.261 e. The number of ether oxygens (including phenoxy) is 1. The molecule has 0 aromatic heterocycles. The van der Waals surface area contributed by atoms with Crippen LogP contribution < -0.4 is 10.1 Å². The van der Waals surface area contributed by atoms with Crippen LogP contribution >= 0.6 is 0 Å². The minimum absolute atomic E-state index is 0.0936. The molecule has 0 heterocycles. The highest BCUT2D eigenvalue weighted by atomic mass is 16.5. The number of nitrogens with one attached hydrogen (secondary N) is 1. The summed E-state index contributed by atoms with van der Waals surface area (Å²) in [5, 5.41) is 3.01. The minimum atomic E-state index is -0.527. The lowest BCUT2D eigenvalue weighted by atomic mass is 10.0. The average molecular weight is 339 g/mol. The Morgan fingerprint density at radius 2 is 1.80 bits per heavy atom. The fourth-order valence-corrected chi connectivity index (χ4v) is 2.91.